The van der Waals surface area contributed by atoms with Crippen molar-refractivity contribution < 1.29 is 4.42 Å². The number of hydrogen-bond acceptors (Lipinski definition) is 1. The van der Waals surface area contributed by atoms with Crippen molar-refractivity contribution in [3.05, 3.63) is 181 Å². The Hall–Kier alpha value is -6.16. The first-order valence-corrected chi connectivity index (χ1v) is 20.4. The van der Waals surface area contributed by atoms with Crippen LogP contribution in [0.4, 0.5) is 0 Å². The summed E-state index contributed by atoms with van der Waals surface area (Å²) in [5.74, 6) is 0. The van der Waals surface area contributed by atoms with Gasteiger partial charge in [-0.3, -0.25) is 0 Å². The predicted octanol–water partition coefficient (Wildman–Crippen LogP) is 10.3. The number of benzene rings is 7. The Morgan fingerprint density at radius 3 is 2.12 bits per heavy atom. The normalized spacial score (nSPS) is 15.3. The summed E-state index contributed by atoms with van der Waals surface area (Å²) in [6, 6.07) is 58.4. The Labute approximate surface area is 297 Å². The zero-order valence-electron chi connectivity index (χ0n) is 28.1. The van der Waals surface area contributed by atoms with Gasteiger partial charge in [0.15, 0.2) is 0 Å². The monoisotopic (exact) mass is 668 g/mol. The zero-order chi connectivity index (χ0) is 33.5. The number of aromatic nitrogens is 1. The van der Waals surface area contributed by atoms with Crippen LogP contribution in [0.5, 0.6) is 0 Å². The number of para-hydroxylation sites is 3. The second-order valence-electron chi connectivity index (χ2n) is 14.2. The molecule has 0 bridgehead atoms. The van der Waals surface area contributed by atoms with Crippen molar-refractivity contribution in [1.29, 1.82) is 0 Å². The van der Waals surface area contributed by atoms with E-state index in [2.05, 4.69) is 181 Å². The number of hydrogen-bond donors (Lipinski definition) is 0. The van der Waals surface area contributed by atoms with E-state index in [0.29, 0.717) is 0 Å². The topological polar surface area (TPSA) is 18.1 Å². The third-order valence-electron chi connectivity index (χ3n) is 11.7. The zero-order valence-corrected chi connectivity index (χ0v) is 29.2. The standard InChI is InChI=1S/C48H34NOSi/c1-4-16-33(17-5-1)49-42-25-13-10-22-36(42)41-31-40(46-39-24-11-14-26-43(39)50-48(46)47(41)49)32-28-29-38-37-23-12-15-27-44(37)51(45(38)30-32,34-18-6-2-7-19-34)35-20-8-3-9-21-35/h1-2,4-8,10-31,51H,3,9H2/q-1. The fourth-order valence-electron chi connectivity index (χ4n) is 9.63. The first-order valence-electron chi connectivity index (χ1n) is 18.1. The number of nitrogens with zero attached hydrogens (tertiary/aromatic N) is 1. The minimum absolute atomic E-state index is 0.909. The third-order valence-corrected chi connectivity index (χ3v) is 17.3. The van der Waals surface area contributed by atoms with Crippen molar-refractivity contribution in [3.63, 3.8) is 0 Å². The van der Waals surface area contributed by atoms with Crippen LogP contribution in [0.3, 0.4) is 0 Å². The molecule has 9 aromatic rings. The van der Waals surface area contributed by atoms with Gasteiger partial charge in [0.25, 0.3) is 0 Å². The van der Waals surface area contributed by atoms with E-state index in [1.807, 2.05) is 0 Å². The molecule has 2 nitrogen and oxygen atoms in total. The number of allylic oxidation sites excluding steroid dienone is 4. The summed E-state index contributed by atoms with van der Waals surface area (Å²) >= 11 is 0. The van der Waals surface area contributed by atoms with Crippen LogP contribution in [0.15, 0.2) is 186 Å². The van der Waals surface area contributed by atoms with E-state index in [0.717, 1.165) is 40.6 Å². The van der Waals surface area contributed by atoms with Gasteiger partial charge in [-0.05, 0) is 0 Å². The molecule has 11 rings (SSSR count). The van der Waals surface area contributed by atoms with Crippen molar-refractivity contribution >= 4 is 67.4 Å². The fourth-order valence-corrected chi connectivity index (χ4v) is 15.8. The second-order valence-corrected chi connectivity index (χ2v) is 18.5. The van der Waals surface area contributed by atoms with Crippen molar-refractivity contribution in [1.82, 2.24) is 4.57 Å². The van der Waals surface area contributed by atoms with Crippen LogP contribution in [-0.2, 0) is 0 Å². The summed E-state index contributed by atoms with van der Waals surface area (Å²) in [7, 11) is -3.05. The Morgan fingerprint density at radius 1 is 0.549 bits per heavy atom. The summed E-state index contributed by atoms with van der Waals surface area (Å²) in [5.41, 5.74) is 10.5. The molecule has 1 aliphatic heterocycles. The van der Waals surface area contributed by atoms with E-state index in [1.54, 1.807) is 0 Å². The summed E-state index contributed by atoms with van der Waals surface area (Å²) < 4.78 is 9.32. The van der Waals surface area contributed by atoms with Crippen LogP contribution in [-0.4, -0.2) is 12.6 Å². The molecule has 3 heteroatoms. The molecule has 2 aliphatic rings. The van der Waals surface area contributed by atoms with E-state index in [-0.39, 0.29) is 0 Å². The van der Waals surface area contributed by atoms with E-state index in [9.17, 15) is 0 Å². The number of furan rings is 1. The minimum atomic E-state index is -3.05. The molecule has 3 heterocycles. The van der Waals surface area contributed by atoms with Gasteiger partial charge in [-0.2, -0.15) is 0 Å². The van der Waals surface area contributed by atoms with Gasteiger partial charge in [-0.25, -0.2) is 0 Å². The Kier molecular flexibility index (Phi) is 6.13. The first-order chi connectivity index (χ1) is 25.3. The Balaban J connectivity index is 1.28. The van der Waals surface area contributed by atoms with Crippen LogP contribution in [0.2, 0.25) is 0 Å². The summed E-state index contributed by atoms with van der Waals surface area (Å²) in [5, 5.41) is 10.7. The van der Waals surface area contributed by atoms with Crippen molar-refractivity contribution in [2.24, 2.45) is 0 Å². The molecule has 0 unspecified atom stereocenters. The first kappa shape index (κ1) is 28.7. The molecule has 0 atom stereocenters. The predicted molar refractivity (Wildman–Crippen MR) is 218 cm³/mol. The van der Waals surface area contributed by atoms with Gasteiger partial charge in [-0.1, -0.05) is 0 Å². The van der Waals surface area contributed by atoms with E-state index in [1.165, 1.54) is 64.7 Å². The number of fused-ring (bicyclic) bond motifs is 10. The molecule has 1 aliphatic carbocycles. The molecule has 0 spiro atoms. The van der Waals surface area contributed by atoms with Gasteiger partial charge in [0.1, 0.15) is 0 Å². The molecule has 0 N–H and O–H groups in total. The summed E-state index contributed by atoms with van der Waals surface area (Å²) in [6.45, 7) is 0. The van der Waals surface area contributed by atoms with Gasteiger partial charge in [0, 0.05) is 0 Å². The van der Waals surface area contributed by atoms with Crippen molar-refractivity contribution in [2.75, 3.05) is 0 Å². The molecule has 0 fully saturated rings. The van der Waals surface area contributed by atoms with E-state index >= 15 is 0 Å². The Bertz CT molecular complexity index is 2910. The average Bonchev–Trinajstić information content (AvgIpc) is 3.85. The molecule has 51 heavy (non-hydrogen) atoms. The van der Waals surface area contributed by atoms with E-state index in [4.69, 9.17) is 4.42 Å². The quantitative estimate of drug-likeness (QED) is 0.171. The van der Waals surface area contributed by atoms with Gasteiger partial charge < -0.3 is 0 Å². The van der Waals surface area contributed by atoms with Crippen molar-refractivity contribution in [2.45, 2.75) is 12.8 Å². The maximum absolute atomic E-state index is 6.94. The van der Waals surface area contributed by atoms with Crippen LogP contribution in [0.1, 0.15) is 12.8 Å². The molecular formula is C48H34NOSi-. The summed E-state index contributed by atoms with van der Waals surface area (Å²) in [4.78, 5) is 0. The second kappa shape index (κ2) is 10.9. The fraction of sp³-hybridized carbons (Fsp3) is 0.0417. The third kappa shape index (κ3) is 3.92. The van der Waals surface area contributed by atoms with Crippen LogP contribution in [0.25, 0.3) is 71.7 Å². The molecule has 0 saturated carbocycles. The van der Waals surface area contributed by atoms with Gasteiger partial charge in [0.05, 0.1) is 0 Å². The molecule has 242 valence electrons. The van der Waals surface area contributed by atoms with E-state index < -0.39 is 8.07 Å². The molecular weight excluding hydrogens is 635 g/mol. The van der Waals surface area contributed by atoms with Gasteiger partial charge in [-0.15, -0.1) is 0 Å². The van der Waals surface area contributed by atoms with Gasteiger partial charge >= 0.3 is 298 Å². The van der Waals surface area contributed by atoms with Crippen LogP contribution >= 0.6 is 0 Å². The van der Waals surface area contributed by atoms with Crippen LogP contribution in [0, 0.1) is 0 Å². The molecule has 2 aromatic heterocycles. The maximum atomic E-state index is 6.94. The SMILES string of the molecule is C1=CC([SiH-]2(c3ccccc3)c3ccccc3-c3ccc(-c4cc5c6ccccc6n(-c6ccccc6)c5c5oc6ccccc6c45)cc32)=CCC1. The van der Waals surface area contributed by atoms with Crippen LogP contribution < -0.4 is 15.6 Å². The van der Waals surface area contributed by atoms with Crippen molar-refractivity contribution in [3.8, 4) is 27.9 Å². The molecule has 7 aromatic carbocycles. The number of rotatable bonds is 4. The molecule has 0 amide bonds. The summed E-state index contributed by atoms with van der Waals surface area (Å²) in [6.07, 6.45) is 9.57. The Morgan fingerprint density at radius 2 is 1.27 bits per heavy atom. The molecule has 0 radical (unpaired) electrons. The van der Waals surface area contributed by atoms with Gasteiger partial charge in [0.2, 0.25) is 0 Å². The average molecular weight is 669 g/mol. The molecule has 0 saturated heterocycles.